The first-order valence-electron chi connectivity index (χ1n) is 5.15. The highest BCUT2D eigenvalue weighted by atomic mass is 35.5. The number of benzene rings is 1. The van der Waals surface area contributed by atoms with Gasteiger partial charge < -0.3 is 4.74 Å². The fourth-order valence-electron chi connectivity index (χ4n) is 1.56. The van der Waals surface area contributed by atoms with Crippen molar-refractivity contribution in [3.63, 3.8) is 0 Å². The van der Waals surface area contributed by atoms with Crippen LogP contribution in [0.4, 0.5) is 0 Å². The Morgan fingerprint density at radius 3 is 2.27 bits per heavy atom. The third-order valence-corrected chi connectivity index (χ3v) is 3.38. The lowest BCUT2D eigenvalue weighted by Gasteiger charge is -2.26. The number of methoxy groups -OCH3 is 1. The summed E-state index contributed by atoms with van der Waals surface area (Å²) in [5, 5.41) is 0.0297. The predicted molar refractivity (Wildman–Crippen MR) is 65.8 cm³/mol. The van der Waals surface area contributed by atoms with E-state index in [0.29, 0.717) is 0 Å². The molecule has 0 saturated carbocycles. The van der Waals surface area contributed by atoms with E-state index in [1.54, 1.807) is 7.11 Å². The summed E-state index contributed by atoms with van der Waals surface area (Å²) >= 11 is 6.41. The van der Waals surface area contributed by atoms with Crippen LogP contribution >= 0.6 is 11.6 Å². The SMILES string of the molecule is COc1ccc(C(Cl)C(C)(C)C)cc1C. The van der Waals surface area contributed by atoms with Gasteiger partial charge in [0, 0.05) is 0 Å². The van der Waals surface area contributed by atoms with Gasteiger partial charge in [-0.3, -0.25) is 0 Å². The van der Waals surface area contributed by atoms with Crippen molar-refractivity contribution in [2.24, 2.45) is 5.41 Å². The van der Waals surface area contributed by atoms with Gasteiger partial charge in [0.2, 0.25) is 0 Å². The topological polar surface area (TPSA) is 9.23 Å². The van der Waals surface area contributed by atoms with E-state index in [1.165, 1.54) is 0 Å². The molecule has 15 heavy (non-hydrogen) atoms. The minimum atomic E-state index is 0.0297. The zero-order valence-corrected chi connectivity index (χ0v) is 10.9. The highest BCUT2D eigenvalue weighted by molar-refractivity contribution is 6.21. The van der Waals surface area contributed by atoms with Crippen molar-refractivity contribution < 1.29 is 4.74 Å². The highest BCUT2D eigenvalue weighted by Gasteiger charge is 2.24. The van der Waals surface area contributed by atoms with E-state index in [-0.39, 0.29) is 10.8 Å². The van der Waals surface area contributed by atoms with Crippen LogP contribution in [0, 0.1) is 12.3 Å². The molecule has 0 saturated heterocycles. The Kier molecular flexibility index (Phi) is 3.67. The minimum absolute atomic E-state index is 0.0297. The number of halogens is 1. The van der Waals surface area contributed by atoms with Gasteiger partial charge in [-0.1, -0.05) is 32.9 Å². The maximum absolute atomic E-state index is 6.41. The second-order valence-electron chi connectivity index (χ2n) is 4.96. The molecule has 0 fully saturated rings. The maximum atomic E-state index is 6.41. The largest absolute Gasteiger partial charge is 0.496 e. The molecule has 1 unspecified atom stereocenters. The van der Waals surface area contributed by atoms with Crippen LogP contribution in [0.3, 0.4) is 0 Å². The van der Waals surface area contributed by atoms with Crippen molar-refractivity contribution in [3.8, 4) is 5.75 Å². The molecule has 0 aliphatic heterocycles. The first-order valence-corrected chi connectivity index (χ1v) is 5.58. The van der Waals surface area contributed by atoms with Crippen LogP contribution < -0.4 is 4.74 Å². The van der Waals surface area contributed by atoms with Crippen molar-refractivity contribution in [3.05, 3.63) is 29.3 Å². The maximum Gasteiger partial charge on any atom is 0.121 e. The lowest BCUT2D eigenvalue weighted by Crippen LogP contribution is -2.13. The van der Waals surface area contributed by atoms with E-state index >= 15 is 0 Å². The number of rotatable bonds is 2. The van der Waals surface area contributed by atoms with E-state index in [9.17, 15) is 0 Å². The zero-order valence-electron chi connectivity index (χ0n) is 10.1. The molecule has 0 amide bonds. The highest BCUT2D eigenvalue weighted by Crippen LogP contribution is 2.39. The molecule has 2 heteroatoms. The first-order chi connectivity index (χ1) is 6.86. The van der Waals surface area contributed by atoms with Crippen molar-refractivity contribution in [2.45, 2.75) is 33.1 Å². The average Bonchev–Trinajstić information content (AvgIpc) is 2.15. The summed E-state index contributed by atoms with van der Waals surface area (Å²) in [6.45, 7) is 8.47. The third kappa shape index (κ3) is 2.88. The van der Waals surface area contributed by atoms with Crippen molar-refractivity contribution in [2.75, 3.05) is 7.11 Å². The van der Waals surface area contributed by atoms with Crippen molar-refractivity contribution in [1.29, 1.82) is 0 Å². The zero-order chi connectivity index (χ0) is 11.6. The standard InChI is InChI=1S/C13H19ClO/c1-9-8-10(6-7-11(9)15-5)12(14)13(2,3)4/h6-8,12H,1-5H3. The number of aryl methyl sites for hydroxylation is 1. The lowest BCUT2D eigenvalue weighted by atomic mass is 9.87. The van der Waals surface area contributed by atoms with Gasteiger partial charge in [0.25, 0.3) is 0 Å². The molecular formula is C13H19ClO. The quantitative estimate of drug-likeness (QED) is 0.682. The number of ether oxygens (including phenoxy) is 1. The van der Waals surface area contributed by atoms with Crippen LogP contribution in [0.5, 0.6) is 5.75 Å². The molecule has 0 spiro atoms. The normalized spacial score (nSPS) is 13.7. The van der Waals surface area contributed by atoms with Gasteiger partial charge in [-0.05, 0) is 29.5 Å². The molecule has 1 aromatic rings. The minimum Gasteiger partial charge on any atom is -0.496 e. The second kappa shape index (κ2) is 4.44. The number of hydrogen-bond acceptors (Lipinski definition) is 1. The van der Waals surface area contributed by atoms with Crippen molar-refractivity contribution in [1.82, 2.24) is 0 Å². The molecular weight excluding hydrogens is 208 g/mol. The number of hydrogen-bond donors (Lipinski definition) is 0. The molecule has 1 atom stereocenters. The fraction of sp³-hybridized carbons (Fsp3) is 0.538. The molecule has 0 heterocycles. The van der Waals surface area contributed by atoms with E-state index in [0.717, 1.165) is 16.9 Å². The third-order valence-electron chi connectivity index (χ3n) is 2.47. The Labute approximate surface area is 97.4 Å². The Morgan fingerprint density at radius 2 is 1.87 bits per heavy atom. The Hall–Kier alpha value is -0.690. The van der Waals surface area contributed by atoms with Crippen molar-refractivity contribution >= 4 is 11.6 Å². The summed E-state index contributed by atoms with van der Waals surface area (Å²) in [4.78, 5) is 0. The Balaban J connectivity index is 3.02. The number of alkyl halides is 1. The average molecular weight is 227 g/mol. The smallest absolute Gasteiger partial charge is 0.121 e. The van der Waals surface area contributed by atoms with E-state index in [2.05, 4.69) is 26.8 Å². The van der Waals surface area contributed by atoms with Gasteiger partial charge in [-0.25, -0.2) is 0 Å². The van der Waals surface area contributed by atoms with Crippen LogP contribution in [-0.4, -0.2) is 7.11 Å². The van der Waals surface area contributed by atoms with E-state index in [4.69, 9.17) is 16.3 Å². The van der Waals surface area contributed by atoms with E-state index in [1.807, 2.05) is 19.1 Å². The molecule has 0 N–H and O–H groups in total. The summed E-state index contributed by atoms with van der Waals surface area (Å²) in [5.74, 6) is 0.913. The molecule has 0 aliphatic rings. The van der Waals surface area contributed by atoms with Gasteiger partial charge >= 0.3 is 0 Å². The van der Waals surface area contributed by atoms with Crippen LogP contribution in [0.25, 0.3) is 0 Å². The Morgan fingerprint density at radius 1 is 1.27 bits per heavy atom. The second-order valence-corrected chi connectivity index (χ2v) is 5.39. The van der Waals surface area contributed by atoms with Crippen LogP contribution in [0.2, 0.25) is 0 Å². The summed E-state index contributed by atoms with van der Waals surface area (Å²) in [6.07, 6.45) is 0. The van der Waals surface area contributed by atoms with Gasteiger partial charge in [0.05, 0.1) is 12.5 Å². The summed E-state index contributed by atoms with van der Waals surface area (Å²) in [5.41, 5.74) is 2.36. The molecule has 1 rings (SSSR count). The lowest BCUT2D eigenvalue weighted by molar-refractivity contribution is 0.393. The van der Waals surface area contributed by atoms with Gasteiger partial charge in [-0.15, -0.1) is 11.6 Å². The van der Waals surface area contributed by atoms with Crippen LogP contribution in [0.15, 0.2) is 18.2 Å². The molecule has 0 radical (unpaired) electrons. The molecule has 0 aromatic heterocycles. The van der Waals surface area contributed by atoms with Crippen LogP contribution in [-0.2, 0) is 0 Å². The molecule has 0 bridgehead atoms. The van der Waals surface area contributed by atoms with Crippen LogP contribution in [0.1, 0.15) is 37.3 Å². The first kappa shape index (κ1) is 12.4. The van der Waals surface area contributed by atoms with Gasteiger partial charge in [0.15, 0.2) is 0 Å². The molecule has 84 valence electrons. The fourth-order valence-corrected chi connectivity index (χ4v) is 1.70. The summed E-state index contributed by atoms with van der Waals surface area (Å²) in [7, 11) is 1.68. The van der Waals surface area contributed by atoms with E-state index < -0.39 is 0 Å². The summed E-state index contributed by atoms with van der Waals surface area (Å²) < 4.78 is 5.22. The van der Waals surface area contributed by atoms with Gasteiger partial charge in [-0.2, -0.15) is 0 Å². The summed E-state index contributed by atoms with van der Waals surface area (Å²) in [6, 6.07) is 6.11. The monoisotopic (exact) mass is 226 g/mol. The molecule has 1 nitrogen and oxygen atoms in total. The Bertz CT molecular complexity index is 339. The molecule has 0 aliphatic carbocycles. The predicted octanol–water partition coefficient (Wildman–Crippen LogP) is 4.33. The van der Waals surface area contributed by atoms with Gasteiger partial charge in [0.1, 0.15) is 5.75 Å². The molecule has 1 aromatic carbocycles.